The van der Waals surface area contributed by atoms with Crippen LogP contribution in [0.3, 0.4) is 0 Å². The first-order valence-corrected chi connectivity index (χ1v) is 10.3. The molecule has 34 heavy (non-hydrogen) atoms. The van der Waals surface area contributed by atoms with Crippen LogP contribution in [-0.4, -0.2) is 36.7 Å². The Kier molecular flexibility index (Phi) is 8.17. The summed E-state index contributed by atoms with van der Waals surface area (Å²) in [5, 5.41) is 6.06. The van der Waals surface area contributed by atoms with Gasteiger partial charge in [0, 0.05) is 11.6 Å². The predicted molar refractivity (Wildman–Crippen MR) is 122 cm³/mol. The van der Waals surface area contributed by atoms with Crippen LogP contribution in [0.15, 0.2) is 59.1 Å². The van der Waals surface area contributed by atoms with Gasteiger partial charge >= 0.3 is 5.97 Å². The number of benzene rings is 2. The van der Waals surface area contributed by atoms with Crippen LogP contribution < -0.4 is 14.8 Å². The highest BCUT2D eigenvalue weighted by Gasteiger charge is 2.13. The highest BCUT2D eigenvalue weighted by atomic mass is 16.5. The number of carbonyl (C=O) groups excluding carboxylic acids is 3. The lowest BCUT2D eigenvalue weighted by Crippen LogP contribution is -2.33. The van der Waals surface area contributed by atoms with Crippen LogP contribution in [0.4, 0.5) is 0 Å². The summed E-state index contributed by atoms with van der Waals surface area (Å²) in [7, 11) is 1.51. The Morgan fingerprint density at radius 3 is 2.50 bits per heavy atom. The van der Waals surface area contributed by atoms with Gasteiger partial charge in [-0.3, -0.25) is 14.9 Å². The quantitative estimate of drug-likeness (QED) is 0.378. The number of carbonyl (C=O) groups is 3. The molecule has 0 aliphatic heterocycles. The zero-order chi connectivity index (χ0) is 24.5. The van der Waals surface area contributed by atoms with Gasteiger partial charge in [-0.2, -0.15) is 0 Å². The number of hydrogen-bond donors (Lipinski definition) is 1. The highest BCUT2D eigenvalue weighted by Crippen LogP contribution is 2.30. The van der Waals surface area contributed by atoms with E-state index in [1.54, 1.807) is 48.5 Å². The molecule has 1 heterocycles. The molecule has 0 spiro atoms. The second-order valence-electron chi connectivity index (χ2n) is 7.19. The van der Waals surface area contributed by atoms with Gasteiger partial charge in [-0.15, -0.1) is 0 Å². The molecular formula is C25H24N2O7. The molecule has 0 saturated heterocycles. The molecule has 9 nitrogen and oxygen atoms in total. The number of aryl methyl sites for hydroxylation is 2. The van der Waals surface area contributed by atoms with Gasteiger partial charge in [-0.05, 0) is 49.8 Å². The van der Waals surface area contributed by atoms with Crippen LogP contribution in [0.25, 0.3) is 6.08 Å². The first-order valence-electron chi connectivity index (χ1n) is 10.3. The minimum Gasteiger partial charge on any atom is -0.493 e. The van der Waals surface area contributed by atoms with Gasteiger partial charge < -0.3 is 18.7 Å². The molecule has 2 aromatic carbocycles. The number of aromatic nitrogens is 1. The summed E-state index contributed by atoms with van der Waals surface area (Å²) in [6, 6.07) is 13.4. The third-order valence-corrected chi connectivity index (χ3v) is 4.79. The van der Waals surface area contributed by atoms with Crippen molar-refractivity contribution in [3.63, 3.8) is 0 Å². The van der Waals surface area contributed by atoms with E-state index in [-0.39, 0.29) is 6.61 Å². The Morgan fingerprint density at radius 1 is 1.06 bits per heavy atom. The fourth-order valence-electron chi connectivity index (χ4n) is 2.94. The largest absolute Gasteiger partial charge is 0.493 e. The molecule has 1 N–H and O–H groups in total. The van der Waals surface area contributed by atoms with E-state index in [2.05, 4.69) is 10.5 Å². The normalized spacial score (nSPS) is 10.7. The molecule has 2 amide bonds. The maximum absolute atomic E-state index is 12.0. The molecule has 0 aliphatic rings. The average molecular weight is 464 g/mol. The van der Waals surface area contributed by atoms with Crippen molar-refractivity contribution < 1.29 is 33.1 Å². The standard InChI is InChI=1S/C25H24N2O7/c1-16-20(17(2)34-27-16)14-32-21-11-9-18(13-22(21)31-3)10-12-24(29)33-15-23(28)26-25(30)19-7-5-4-6-8-19/h4-13H,14-15H2,1-3H3,(H,26,28,30)/b12-10+. The molecule has 3 rings (SSSR count). The number of rotatable bonds is 9. The monoisotopic (exact) mass is 464 g/mol. The Balaban J connectivity index is 1.51. The van der Waals surface area contributed by atoms with Crippen LogP contribution in [0.5, 0.6) is 11.5 Å². The van der Waals surface area contributed by atoms with Gasteiger partial charge in [0.25, 0.3) is 11.8 Å². The third kappa shape index (κ3) is 6.55. The zero-order valence-electron chi connectivity index (χ0n) is 19.0. The summed E-state index contributed by atoms with van der Waals surface area (Å²) in [6.45, 7) is 3.34. The van der Waals surface area contributed by atoms with Crippen molar-refractivity contribution in [2.24, 2.45) is 0 Å². The van der Waals surface area contributed by atoms with Crippen molar-refractivity contribution in [3.8, 4) is 11.5 Å². The lowest BCUT2D eigenvalue weighted by atomic mass is 10.2. The molecule has 1 aromatic heterocycles. The van der Waals surface area contributed by atoms with Crippen LogP contribution in [-0.2, 0) is 20.9 Å². The van der Waals surface area contributed by atoms with Gasteiger partial charge in [0.15, 0.2) is 18.1 Å². The number of methoxy groups -OCH3 is 1. The number of amides is 2. The van der Waals surface area contributed by atoms with Crippen LogP contribution in [0, 0.1) is 13.8 Å². The number of nitrogens with zero attached hydrogens (tertiary/aromatic N) is 1. The Hall–Kier alpha value is -4.40. The fraction of sp³-hybridized carbons (Fsp3) is 0.200. The van der Waals surface area contributed by atoms with Gasteiger partial charge in [0.2, 0.25) is 0 Å². The van der Waals surface area contributed by atoms with E-state index in [4.69, 9.17) is 18.7 Å². The van der Waals surface area contributed by atoms with Crippen LogP contribution in [0.2, 0.25) is 0 Å². The Morgan fingerprint density at radius 2 is 1.82 bits per heavy atom. The summed E-state index contributed by atoms with van der Waals surface area (Å²) in [5.74, 6) is -0.353. The molecular weight excluding hydrogens is 440 g/mol. The predicted octanol–water partition coefficient (Wildman–Crippen LogP) is 3.39. The van der Waals surface area contributed by atoms with Gasteiger partial charge in [-0.25, -0.2) is 4.79 Å². The summed E-state index contributed by atoms with van der Waals surface area (Å²) >= 11 is 0. The van der Waals surface area contributed by atoms with Gasteiger partial charge in [0.05, 0.1) is 18.4 Å². The van der Waals surface area contributed by atoms with E-state index in [1.165, 1.54) is 19.3 Å². The van der Waals surface area contributed by atoms with Crippen molar-refractivity contribution in [1.29, 1.82) is 0 Å². The van der Waals surface area contributed by atoms with Crippen molar-refractivity contribution in [1.82, 2.24) is 10.5 Å². The molecule has 0 atom stereocenters. The molecule has 0 radical (unpaired) electrons. The molecule has 0 unspecified atom stereocenters. The molecule has 0 fully saturated rings. The molecule has 0 aliphatic carbocycles. The zero-order valence-corrected chi connectivity index (χ0v) is 19.0. The van der Waals surface area contributed by atoms with E-state index < -0.39 is 24.4 Å². The van der Waals surface area contributed by atoms with Crippen LogP contribution in [0.1, 0.15) is 32.9 Å². The number of imide groups is 1. The second kappa shape index (κ2) is 11.5. The molecule has 0 bridgehead atoms. The molecule has 3 aromatic rings. The van der Waals surface area contributed by atoms with E-state index in [1.807, 2.05) is 13.8 Å². The SMILES string of the molecule is COc1cc(/C=C/C(=O)OCC(=O)NC(=O)c2ccccc2)ccc1OCc1c(C)noc1C. The van der Waals surface area contributed by atoms with Gasteiger partial charge in [0.1, 0.15) is 12.4 Å². The van der Waals surface area contributed by atoms with Gasteiger partial charge in [-0.1, -0.05) is 29.4 Å². The van der Waals surface area contributed by atoms with Crippen molar-refractivity contribution in [3.05, 3.63) is 82.8 Å². The number of hydrogen-bond acceptors (Lipinski definition) is 8. The first kappa shape index (κ1) is 24.2. The maximum atomic E-state index is 12.0. The van der Waals surface area contributed by atoms with Crippen molar-refractivity contribution in [2.45, 2.75) is 20.5 Å². The topological polar surface area (TPSA) is 117 Å². The summed E-state index contributed by atoms with van der Waals surface area (Å²) in [5.41, 5.74) is 2.60. The number of esters is 1. The van der Waals surface area contributed by atoms with E-state index in [0.717, 1.165) is 11.3 Å². The number of nitrogens with one attached hydrogen (secondary N) is 1. The maximum Gasteiger partial charge on any atom is 0.331 e. The fourth-order valence-corrected chi connectivity index (χ4v) is 2.94. The summed E-state index contributed by atoms with van der Waals surface area (Å²) in [4.78, 5) is 35.7. The first-order chi connectivity index (χ1) is 16.4. The average Bonchev–Trinajstić information content (AvgIpc) is 3.17. The Bertz CT molecular complexity index is 1180. The smallest absolute Gasteiger partial charge is 0.331 e. The minimum absolute atomic E-state index is 0.272. The van der Waals surface area contributed by atoms with Crippen LogP contribution >= 0.6 is 0 Å². The van der Waals surface area contributed by atoms with E-state index >= 15 is 0 Å². The van der Waals surface area contributed by atoms with E-state index in [0.29, 0.717) is 28.4 Å². The molecule has 0 saturated carbocycles. The lowest BCUT2D eigenvalue weighted by Gasteiger charge is -2.11. The molecule has 9 heteroatoms. The molecule has 176 valence electrons. The highest BCUT2D eigenvalue weighted by molar-refractivity contribution is 6.05. The summed E-state index contributed by atoms with van der Waals surface area (Å²) < 4.78 is 21.2. The summed E-state index contributed by atoms with van der Waals surface area (Å²) in [6.07, 6.45) is 2.68. The minimum atomic E-state index is -0.736. The van der Waals surface area contributed by atoms with Crippen molar-refractivity contribution >= 4 is 23.9 Å². The second-order valence-corrected chi connectivity index (χ2v) is 7.19. The van der Waals surface area contributed by atoms with E-state index in [9.17, 15) is 14.4 Å². The third-order valence-electron chi connectivity index (χ3n) is 4.79. The number of ether oxygens (including phenoxy) is 3. The Labute approximate surface area is 196 Å². The lowest BCUT2D eigenvalue weighted by molar-refractivity contribution is -0.143. The van der Waals surface area contributed by atoms with Crippen molar-refractivity contribution in [2.75, 3.05) is 13.7 Å².